The Hall–Kier alpha value is -0.620. The van der Waals surface area contributed by atoms with Crippen molar-refractivity contribution in [2.24, 2.45) is 5.92 Å². The van der Waals surface area contributed by atoms with Gasteiger partial charge in [0.2, 0.25) is 5.91 Å². The second-order valence-electron chi connectivity index (χ2n) is 5.44. The van der Waals surface area contributed by atoms with Crippen LogP contribution in [0.5, 0.6) is 0 Å². The molecule has 1 aliphatic rings. The lowest BCUT2D eigenvalue weighted by atomic mass is 9.97. The summed E-state index contributed by atoms with van der Waals surface area (Å²) in [4.78, 5) is 12.1. The molecule has 2 unspecified atom stereocenters. The lowest BCUT2D eigenvalue weighted by Crippen LogP contribution is -2.51. The fourth-order valence-corrected chi connectivity index (χ4v) is 2.91. The molecule has 22 heavy (non-hydrogen) atoms. The van der Waals surface area contributed by atoms with Crippen LogP contribution in [0.25, 0.3) is 0 Å². The number of benzene rings is 1. The van der Waals surface area contributed by atoms with Crippen LogP contribution in [0.2, 0.25) is 0 Å². The minimum Gasteiger partial charge on any atom is -0.378 e. The highest BCUT2D eigenvalue weighted by atomic mass is 79.9. The summed E-state index contributed by atoms with van der Waals surface area (Å²) in [6.45, 7) is 4.77. The van der Waals surface area contributed by atoms with Crippen LogP contribution in [0.1, 0.15) is 18.9 Å². The standard InChI is InChI=1S/C16H23BrN2O2.ClH/c1-2-12(8-13-4-3-5-14(17)9-13)10-19-16(20)15-11-21-7-6-18-15;/h3-5,9,12,15,18H,2,6-8,10-11H2,1H3,(H,19,20);1H. The van der Waals surface area contributed by atoms with Crippen LogP contribution < -0.4 is 10.6 Å². The minimum absolute atomic E-state index is 0. The normalized spacial score (nSPS) is 19.1. The molecule has 0 bridgehead atoms. The molecule has 1 aromatic rings. The SMILES string of the molecule is CCC(CNC(=O)C1COCCN1)Cc1cccc(Br)c1.Cl. The van der Waals surface area contributed by atoms with Crippen molar-refractivity contribution in [3.05, 3.63) is 34.3 Å². The van der Waals surface area contributed by atoms with Gasteiger partial charge in [-0.1, -0.05) is 41.4 Å². The van der Waals surface area contributed by atoms with E-state index in [2.05, 4.69) is 45.6 Å². The van der Waals surface area contributed by atoms with Crippen molar-refractivity contribution in [1.82, 2.24) is 10.6 Å². The zero-order chi connectivity index (χ0) is 15.1. The van der Waals surface area contributed by atoms with Crippen LogP contribution >= 0.6 is 28.3 Å². The molecule has 1 heterocycles. The molecule has 1 aliphatic heterocycles. The first-order valence-electron chi connectivity index (χ1n) is 7.52. The van der Waals surface area contributed by atoms with Crippen molar-refractivity contribution in [3.63, 3.8) is 0 Å². The van der Waals surface area contributed by atoms with Crippen LogP contribution in [0.4, 0.5) is 0 Å². The van der Waals surface area contributed by atoms with Gasteiger partial charge < -0.3 is 15.4 Å². The zero-order valence-electron chi connectivity index (χ0n) is 12.8. The van der Waals surface area contributed by atoms with E-state index in [1.165, 1.54) is 5.56 Å². The quantitative estimate of drug-likeness (QED) is 0.783. The highest BCUT2D eigenvalue weighted by molar-refractivity contribution is 9.10. The third-order valence-electron chi connectivity index (χ3n) is 3.79. The molecular formula is C16H24BrClN2O2. The molecule has 2 rings (SSSR count). The van der Waals surface area contributed by atoms with E-state index < -0.39 is 0 Å². The van der Waals surface area contributed by atoms with E-state index in [0.29, 0.717) is 25.7 Å². The van der Waals surface area contributed by atoms with Crippen LogP contribution in [0.15, 0.2) is 28.7 Å². The Bertz CT molecular complexity index is 467. The number of rotatable bonds is 6. The fourth-order valence-electron chi connectivity index (χ4n) is 2.46. The summed E-state index contributed by atoms with van der Waals surface area (Å²) >= 11 is 3.50. The maximum atomic E-state index is 12.1. The predicted octanol–water partition coefficient (Wildman–Crippen LogP) is 2.54. The monoisotopic (exact) mass is 390 g/mol. The first-order valence-corrected chi connectivity index (χ1v) is 8.31. The van der Waals surface area contributed by atoms with E-state index in [1.54, 1.807) is 0 Å². The van der Waals surface area contributed by atoms with E-state index in [9.17, 15) is 4.79 Å². The first kappa shape index (κ1) is 19.4. The number of carbonyl (C=O) groups is 1. The molecule has 0 saturated carbocycles. The van der Waals surface area contributed by atoms with E-state index >= 15 is 0 Å². The first-order chi connectivity index (χ1) is 10.2. The lowest BCUT2D eigenvalue weighted by Gasteiger charge is -2.24. The van der Waals surface area contributed by atoms with Gasteiger partial charge in [-0.25, -0.2) is 0 Å². The number of halogens is 2. The topological polar surface area (TPSA) is 50.4 Å². The molecule has 0 aliphatic carbocycles. The lowest BCUT2D eigenvalue weighted by molar-refractivity contribution is -0.126. The van der Waals surface area contributed by atoms with Crippen LogP contribution in [-0.2, 0) is 16.0 Å². The molecule has 6 heteroatoms. The van der Waals surface area contributed by atoms with Gasteiger partial charge in [-0.3, -0.25) is 4.79 Å². The van der Waals surface area contributed by atoms with Crippen LogP contribution in [0.3, 0.4) is 0 Å². The van der Waals surface area contributed by atoms with Gasteiger partial charge in [0.15, 0.2) is 0 Å². The van der Waals surface area contributed by atoms with Gasteiger partial charge in [-0.15, -0.1) is 12.4 Å². The van der Waals surface area contributed by atoms with Gasteiger partial charge in [0.05, 0.1) is 13.2 Å². The fraction of sp³-hybridized carbons (Fsp3) is 0.562. The van der Waals surface area contributed by atoms with Crippen LogP contribution in [0, 0.1) is 5.92 Å². The van der Waals surface area contributed by atoms with Crippen molar-refractivity contribution < 1.29 is 9.53 Å². The average molecular weight is 392 g/mol. The van der Waals surface area contributed by atoms with E-state index in [0.717, 1.165) is 23.9 Å². The van der Waals surface area contributed by atoms with Gasteiger partial charge in [0.25, 0.3) is 0 Å². The molecular weight excluding hydrogens is 368 g/mol. The molecule has 1 saturated heterocycles. The van der Waals surface area contributed by atoms with Crippen molar-refractivity contribution in [2.75, 3.05) is 26.3 Å². The Morgan fingerprint density at radius 1 is 1.55 bits per heavy atom. The summed E-state index contributed by atoms with van der Waals surface area (Å²) in [5.74, 6) is 0.496. The van der Waals surface area contributed by atoms with E-state index in [-0.39, 0.29) is 24.4 Å². The number of ether oxygens (including phenoxy) is 1. The van der Waals surface area contributed by atoms with Gasteiger partial charge in [0, 0.05) is 17.6 Å². The Morgan fingerprint density at radius 2 is 2.36 bits per heavy atom. The number of carbonyl (C=O) groups excluding carboxylic acids is 1. The minimum atomic E-state index is -0.206. The highest BCUT2D eigenvalue weighted by Crippen LogP contribution is 2.16. The Balaban J connectivity index is 0.00000242. The summed E-state index contributed by atoms with van der Waals surface area (Å²) < 4.78 is 6.42. The smallest absolute Gasteiger partial charge is 0.239 e. The Kier molecular flexibility index (Phi) is 9.02. The van der Waals surface area contributed by atoms with E-state index in [1.807, 2.05) is 12.1 Å². The Morgan fingerprint density at radius 3 is 3.00 bits per heavy atom. The van der Waals surface area contributed by atoms with Gasteiger partial charge in [-0.2, -0.15) is 0 Å². The number of nitrogens with one attached hydrogen (secondary N) is 2. The number of morpholine rings is 1. The molecule has 2 atom stereocenters. The molecule has 1 fully saturated rings. The highest BCUT2D eigenvalue weighted by Gasteiger charge is 2.21. The maximum Gasteiger partial charge on any atom is 0.239 e. The summed E-state index contributed by atoms with van der Waals surface area (Å²) in [5, 5.41) is 6.22. The van der Waals surface area contributed by atoms with Crippen LogP contribution in [-0.4, -0.2) is 38.3 Å². The summed E-state index contributed by atoms with van der Waals surface area (Å²) in [6.07, 6.45) is 2.02. The molecule has 0 spiro atoms. The molecule has 4 nitrogen and oxygen atoms in total. The average Bonchev–Trinajstić information content (AvgIpc) is 2.52. The molecule has 124 valence electrons. The van der Waals surface area contributed by atoms with Gasteiger partial charge in [0.1, 0.15) is 6.04 Å². The van der Waals surface area contributed by atoms with Crippen molar-refractivity contribution in [2.45, 2.75) is 25.8 Å². The third kappa shape index (κ3) is 6.24. The zero-order valence-corrected chi connectivity index (χ0v) is 15.2. The van der Waals surface area contributed by atoms with Crippen molar-refractivity contribution >= 4 is 34.2 Å². The van der Waals surface area contributed by atoms with E-state index in [4.69, 9.17) is 4.74 Å². The molecule has 2 N–H and O–H groups in total. The van der Waals surface area contributed by atoms with Crippen molar-refractivity contribution in [3.8, 4) is 0 Å². The second-order valence-corrected chi connectivity index (χ2v) is 6.35. The second kappa shape index (κ2) is 10.2. The summed E-state index contributed by atoms with van der Waals surface area (Å²) in [7, 11) is 0. The maximum absolute atomic E-state index is 12.1. The summed E-state index contributed by atoms with van der Waals surface area (Å²) in [5.41, 5.74) is 1.30. The van der Waals surface area contributed by atoms with Gasteiger partial charge >= 0.3 is 0 Å². The number of hydrogen-bond acceptors (Lipinski definition) is 3. The molecule has 1 amide bonds. The Labute approximate surface area is 146 Å². The third-order valence-corrected chi connectivity index (χ3v) is 4.29. The predicted molar refractivity (Wildman–Crippen MR) is 94.5 cm³/mol. The molecule has 1 aromatic carbocycles. The largest absolute Gasteiger partial charge is 0.378 e. The number of amides is 1. The summed E-state index contributed by atoms with van der Waals surface area (Å²) in [6, 6.07) is 8.14. The molecule has 0 aromatic heterocycles. The molecule has 0 radical (unpaired) electrons. The van der Waals surface area contributed by atoms with Gasteiger partial charge in [-0.05, 0) is 30.0 Å². The van der Waals surface area contributed by atoms with Crippen molar-refractivity contribution in [1.29, 1.82) is 0 Å². The number of hydrogen-bond donors (Lipinski definition) is 2.